The van der Waals surface area contributed by atoms with E-state index in [1.807, 2.05) is 25.4 Å². The Morgan fingerprint density at radius 2 is 2.07 bits per heavy atom. The van der Waals surface area contributed by atoms with E-state index in [4.69, 9.17) is 9.72 Å². The molecule has 0 radical (unpaired) electrons. The van der Waals surface area contributed by atoms with Gasteiger partial charge < -0.3 is 10.1 Å². The molecule has 1 N–H and O–H groups in total. The molecule has 0 bridgehead atoms. The molecule has 144 valence electrons. The quantitative estimate of drug-likeness (QED) is 0.790. The number of pyridine rings is 1. The van der Waals surface area contributed by atoms with Crippen molar-refractivity contribution >= 4 is 0 Å². The maximum Gasteiger partial charge on any atom is 0.0691 e. The molecule has 4 rings (SSSR count). The maximum absolute atomic E-state index is 6.33. The second-order valence-electron chi connectivity index (χ2n) is 8.29. The summed E-state index contributed by atoms with van der Waals surface area (Å²) in [5.41, 5.74) is 3.59. The fraction of sp³-hybridized carbons (Fsp3) is 0.591. The molecule has 2 aliphatic rings. The van der Waals surface area contributed by atoms with Gasteiger partial charge in [0.1, 0.15) is 0 Å². The van der Waals surface area contributed by atoms with Crippen molar-refractivity contribution in [2.24, 2.45) is 0 Å². The zero-order chi connectivity index (χ0) is 18.6. The van der Waals surface area contributed by atoms with Crippen molar-refractivity contribution in [2.45, 2.75) is 69.4 Å². The predicted molar refractivity (Wildman–Crippen MR) is 105 cm³/mol. The van der Waals surface area contributed by atoms with E-state index in [1.54, 1.807) is 0 Å². The molecule has 1 atom stereocenters. The summed E-state index contributed by atoms with van der Waals surface area (Å²) in [7, 11) is 0. The number of ether oxygens (including phenoxy) is 1. The highest BCUT2D eigenvalue weighted by Crippen LogP contribution is 2.49. The van der Waals surface area contributed by atoms with E-state index in [0.29, 0.717) is 0 Å². The van der Waals surface area contributed by atoms with Crippen LogP contribution in [0.5, 0.6) is 0 Å². The molecule has 1 saturated heterocycles. The average molecular weight is 367 g/mol. The van der Waals surface area contributed by atoms with Gasteiger partial charge in [0.25, 0.3) is 0 Å². The van der Waals surface area contributed by atoms with Crippen molar-refractivity contribution in [3.63, 3.8) is 0 Å². The van der Waals surface area contributed by atoms with Gasteiger partial charge in [0, 0.05) is 30.5 Å². The molecule has 1 spiro atoms. The normalized spacial score (nSPS) is 24.3. The third-order valence-electron chi connectivity index (χ3n) is 6.32. The van der Waals surface area contributed by atoms with E-state index in [9.17, 15) is 0 Å². The smallest absolute Gasteiger partial charge is 0.0691 e. The highest BCUT2D eigenvalue weighted by molar-refractivity contribution is 5.21. The topological polar surface area (TPSA) is 59.9 Å². The Morgan fingerprint density at radius 3 is 2.85 bits per heavy atom. The number of nitrogens with one attached hydrogen (secondary N) is 1. The molecule has 0 amide bonds. The van der Waals surface area contributed by atoms with E-state index >= 15 is 0 Å². The molecule has 1 aliphatic heterocycles. The van der Waals surface area contributed by atoms with E-state index in [1.165, 1.54) is 36.9 Å². The molecular formula is C22H30N4O. The Morgan fingerprint density at radius 1 is 1.19 bits per heavy atom. The number of hydrogen-bond donors (Lipinski definition) is 1. The van der Waals surface area contributed by atoms with Crippen LogP contribution in [-0.2, 0) is 16.7 Å². The molecule has 2 aromatic rings. The Balaban J connectivity index is 1.45. The van der Waals surface area contributed by atoms with Crippen LogP contribution >= 0.6 is 0 Å². The van der Waals surface area contributed by atoms with Gasteiger partial charge in [-0.2, -0.15) is 10.2 Å². The molecule has 1 saturated carbocycles. The minimum Gasteiger partial charge on any atom is -0.375 e. The van der Waals surface area contributed by atoms with E-state index in [-0.39, 0.29) is 11.0 Å². The van der Waals surface area contributed by atoms with Gasteiger partial charge in [0.2, 0.25) is 0 Å². The second-order valence-corrected chi connectivity index (χ2v) is 8.29. The first kappa shape index (κ1) is 18.5. The van der Waals surface area contributed by atoms with Gasteiger partial charge in [-0.05, 0) is 69.3 Å². The van der Waals surface area contributed by atoms with Crippen LogP contribution < -0.4 is 5.32 Å². The van der Waals surface area contributed by atoms with Crippen LogP contribution in [0.1, 0.15) is 61.9 Å². The zero-order valence-electron chi connectivity index (χ0n) is 16.3. The lowest BCUT2D eigenvalue weighted by Crippen LogP contribution is -2.47. The van der Waals surface area contributed by atoms with Gasteiger partial charge in [-0.15, -0.1) is 0 Å². The van der Waals surface area contributed by atoms with Crippen molar-refractivity contribution in [2.75, 3.05) is 13.2 Å². The Labute approximate surface area is 162 Å². The van der Waals surface area contributed by atoms with Crippen LogP contribution in [0.3, 0.4) is 0 Å². The SMILES string of the molecule is Cc1cc(CNCC[C@@]2(c3ccccn3)CCOC3(CCCC3)C2)cnn1. The van der Waals surface area contributed by atoms with Crippen molar-refractivity contribution in [3.8, 4) is 0 Å². The van der Waals surface area contributed by atoms with E-state index in [2.05, 4.69) is 33.7 Å². The molecule has 5 nitrogen and oxygen atoms in total. The first-order valence-electron chi connectivity index (χ1n) is 10.2. The van der Waals surface area contributed by atoms with E-state index in [0.717, 1.165) is 44.7 Å². The largest absolute Gasteiger partial charge is 0.375 e. The lowest BCUT2D eigenvalue weighted by molar-refractivity contribution is -0.104. The summed E-state index contributed by atoms with van der Waals surface area (Å²) >= 11 is 0. The van der Waals surface area contributed by atoms with Crippen molar-refractivity contribution in [1.82, 2.24) is 20.5 Å². The molecule has 5 heteroatoms. The van der Waals surface area contributed by atoms with Gasteiger partial charge in [0.05, 0.1) is 17.5 Å². The molecule has 0 aromatic carbocycles. The highest BCUT2D eigenvalue weighted by Gasteiger charge is 2.48. The highest BCUT2D eigenvalue weighted by atomic mass is 16.5. The summed E-state index contributed by atoms with van der Waals surface area (Å²) < 4.78 is 6.33. The number of hydrogen-bond acceptors (Lipinski definition) is 5. The van der Waals surface area contributed by atoms with E-state index < -0.39 is 0 Å². The number of aromatic nitrogens is 3. The molecule has 2 aromatic heterocycles. The monoisotopic (exact) mass is 366 g/mol. The Bertz CT molecular complexity index is 745. The maximum atomic E-state index is 6.33. The lowest BCUT2D eigenvalue weighted by atomic mass is 9.68. The van der Waals surface area contributed by atoms with Crippen molar-refractivity contribution < 1.29 is 4.74 Å². The standard InChI is InChI=1S/C22H30N4O/c1-18-14-19(16-25-26-18)15-23-12-9-21(20-6-2-5-11-24-20)10-13-27-22(17-21)7-3-4-8-22/h2,5-6,11,14,16,23H,3-4,7-10,12-13,15,17H2,1H3/t21-/m1/s1. The number of nitrogens with zero attached hydrogens (tertiary/aromatic N) is 3. The molecule has 0 unspecified atom stereocenters. The lowest BCUT2D eigenvalue weighted by Gasteiger charge is -2.46. The molecule has 1 aliphatic carbocycles. The molecule has 2 fully saturated rings. The first-order valence-corrected chi connectivity index (χ1v) is 10.2. The van der Waals surface area contributed by atoms with Crippen LogP contribution in [0.2, 0.25) is 0 Å². The van der Waals surface area contributed by atoms with Crippen LogP contribution in [-0.4, -0.2) is 33.9 Å². The molecule has 3 heterocycles. The van der Waals surface area contributed by atoms with Gasteiger partial charge in [0.15, 0.2) is 0 Å². The first-order chi connectivity index (χ1) is 13.2. The van der Waals surface area contributed by atoms with Gasteiger partial charge in [-0.3, -0.25) is 4.98 Å². The number of rotatable bonds is 6. The fourth-order valence-electron chi connectivity index (χ4n) is 4.98. The third kappa shape index (κ3) is 4.19. The molecular weight excluding hydrogens is 336 g/mol. The van der Waals surface area contributed by atoms with Crippen molar-refractivity contribution in [1.29, 1.82) is 0 Å². The second kappa shape index (κ2) is 8.03. The minimum absolute atomic E-state index is 0.0852. The van der Waals surface area contributed by atoms with Gasteiger partial charge >= 0.3 is 0 Å². The number of aryl methyl sites for hydroxylation is 1. The average Bonchev–Trinajstić information content (AvgIpc) is 3.13. The summed E-state index contributed by atoms with van der Waals surface area (Å²) in [5, 5.41) is 11.7. The minimum atomic E-state index is 0.0852. The van der Waals surface area contributed by atoms with Crippen LogP contribution in [0.15, 0.2) is 36.7 Å². The summed E-state index contributed by atoms with van der Waals surface area (Å²) in [6, 6.07) is 8.44. The van der Waals surface area contributed by atoms with Crippen LogP contribution in [0.4, 0.5) is 0 Å². The Hall–Kier alpha value is -1.85. The fourth-order valence-corrected chi connectivity index (χ4v) is 4.98. The van der Waals surface area contributed by atoms with Gasteiger partial charge in [-0.25, -0.2) is 0 Å². The molecule has 27 heavy (non-hydrogen) atoms. The predicted octanol–water partition coefficient (Wildman–Crippen LogP) is 3.72. The Kier molecular flexibility index (Phi) is 5.50. The summed E-state index contributed by atoms with van der Waals surface area (Å²) in [6.45, 7) is 4.63. The summed E-state index contributed by atoms with van der Waals surface area (Å²) in [6.07, 6.45) is 12.0. The van der Waals surface area contributed by atoms with Gasteiger partial charge in [-0.1, -0.05) is 18.9 Å². The summed E-state index contributed by atoms with van der Waals surface area (Å²) in [5.74, 6) is 0. The van der Waals surface area contributed by atoms with Crippen LogP contribution in [0.25, 0.3) is 0 Å². The third-order valence-corrected chi connectivity index (χ3v) is 6.32. The summed E-state index contributed by atoms with van der Waals surface area (Å²) in [4.78, 5) is 4.78. The van der Waals surface area contributed by atoms with Crippen LogP contribution in [0, 0.1) is 6.92 Å². The van der Waals surface area contributed by atoms with Crippen molar-refractivity contribution in [3.05, 3.63) is 53.6 Å². The zero-order valence-corrected chi connectivity index (χ0v) is 16.3.